The summed E-state index contributed by atoms with van der Waals surface area (Å²) >= 11 is 0. The quantitative estimate of drug-likeness (QED) is 0.918. The van der Waals surface area contributed by atoms with E-state index in [9.17, 15) is 0 Å². The van der Waals surface area contributed by atoms with Gasteiger partial charge in [0, 0.05) is 25.0 Å². The molecule has 1 fully saturated rings. The average Bonchev–Trinajstić information content (AvgIpc) is 2.77. The molecule has 3 rings (SSSR count). The van der Waals surface area contributed by atoms with Crippen LogP contribution in [0.5, 0.6) is 0 Å². The summed E-state index contributed by atoms with van der Waals surface area (Å²) in [5, 5.41) is 3.50. The van der Waals surface area contributed by atoms with Gasteiger partial charge in [0.15, 0.2) is 0 Å². The van der Waals surface area contributed by atoms with Gasteiger partial charge in [0.25, 0.3) is 0 Å². The van der Waals surface area contributed by atoms with Gasteiger partial charge < -0.3 is 14.6 Å². The summed E-state index contributed by atoms with van der Waals surface area (Å²) in [6.07, 6.45) is 0.923. The van der Waals surface area contributed by atoms with Crippen LogP contribution in [0.15, 0.2) is 24.3 Å². The van der Waals surface area contributed by atoms with Crippen LogP contribution in [0.4, 0.5) is 0 Å². The Labute approximate surface area is 113 Å². The van der Waals surface area contributed by atoms with Crippen LogP contribution < -0.4 is 5.32 Å². The molecule has 0 bridgehead atoms. The van der Waals surface area contributed by atoms with E-state index >= 15 is 0 Å². The maximum atomic E-state index is 5.53. The lowest BCUT2D eigenvalue weighted by atomic mass is 10.2. The van der Waals surface area contributed by atoms with Gasteiger partial charge in [-0.25, -0.2) is 4.98 Å². The van der Waals surface area contributed by atoms with Crippen molar-refractivity contribution in [3.05, 3.63) is 30.1 Å². The molecule has 1 aliphatic rings. The van der Waals surface area contributed by atoms with Gasteiger partial charge in [-0.15, -0.1) is 0 Å². The molecule has 0 saturated carbocycles. The summed E-state index contributed by atoms with van der Waals surface area (Å²) in [6, 6.07) is 9.16. The number of rotatable bonds is 3. The van der Waals surface area contributed by atoms with Crippen LogP contribution in [0.2, 0.25) is 0 Å². The van der Waals surface area contributed by atoms with Crippen molar-refractivity contribution in [1.82, 2.24) is 14.9 Å². The maximum absolute atomic E-state index is 5.53. The number of ether oxygens (including phenoxy) is 1. The highest BCUT2D eigenvalue weighted by Crippen LogP contribution is 2.22. The van der Waals surface area contributed by atoms with Crippen LogP contribution in [0.25, 0.3) is 11.0 Å². The highest BCUT2D eigenvalue weighted by molar-refractivity contribution is 5.76. The van der Waals surface area contributed by atoms with E-state index in [1.165, 1.54) is 5.52 Å². The second-order valence-corrected chi connectivity index (χ2v) is 5.41. The topological polar surface area (TPSA) is 39.1 Å². The first-order chi connectivity index (χ1) is 9.25. The zero-order valence-corrected chi connectivity index (χ0v) is 11.6. The van der Waals surface area contributed by atoms with E-state index in [0.29, 0.717) is 12.1 Å². The molecule has 0 amide bonds. The fourth-order valence-corrected chi connectivity index (χ4v) is 2.79. The third kappa shape index (κ3) is 2.51. The van der Waals surface area contributed by atoms with Crippen molar-refractivity contribution in [2.24, 2.45) is 0 Å². The maximum Gasteiger partial charge on any atom is 0.111 e. The Morgan fingerprint density at radius 2 is 2.26 bits per heavy atom. The molecular weight excluding hydrogens is 238 g/mol. The molecule has 1 unspecified atom stereocenters. The van der Waals surface area contributed by atoms with Crippen LogP contribution in [0.3, 0.4) is 0 Å². The van der Waals surface area contributed by atoms with Crippen LogP contribution in [0, 0.1) is 0 Å². The average molecular weight is 259 g/mol. The molecule has 1 aromatic carbocycles. The molecule has 1 N–H and O–H groups in total. The van der Waals surface area contributed by atoms with Gasteiger partial charge in [-0.1, -0.05) is 12.1 Å². The van der Waals surface area contributed by atoms with E-state index < -0.39 is 0 Å². The number of imidazole rings is 1. The van der Waals surface area contributed by atoms with Crippen molar-refractivity contribution in [3.8, 4) is 0 Å². The predicted octanol–water partition coefficient (Wildman–Crippen LogP) is 2.15. The summed E-state index contributed by atoms with van der Waals surface area (Å²) in [7, 11) is 0. The molecule has 1 atom stereocenters. The number of hydrogen-bond acceptors (Lipinski definition) is 3. The lowest BCUT2D eigenvalue weighted by Crippen LogP contribution is -2.43. The number of morpholine rings is 1. The fraction of sp³-hybridized carbons (Fsp3) is 0.533. The van der Waals surface area contributed by atoms with Crippen molar-refractivity contribution in [2.45, 2.75) is 32.4 Å². The van der Waals surface area contributed by atoms with Gasteiger partial charge in [0.05, 0.1) is 24.2 Å². The van der Waals surface area contributed by atoms with E-state index in [1.807, 2.05) is 6.07 Å². The Morgan fingerprint density at radius 1 is 1.42 bits per heavy atom. The van der Waals surface area contributed by atoms with Crippen molar-refractivity contribution < 1.29 is 4.74 Å². The zero-order chi connectivity index (χ0) is 13.2. The van der Waals surface area contributed by atoms with Gasteiger partial charge in [-0.3, -0.25) is 0 Å². The van der Waals surface area contributed by atoms with E-state index in [-0.39, 0.29) is 0 Å². The summed E-state index contributed by atoms with van der Waals surface area (Å²) < 4.78 is 7.87. The molecular formula is C15H21N3O. The Balaban J connectivity index is 1.95. The first-order valence-corrected chi connectivity index (χ1v) is 7.02. The number of nitrogens with one attached hydrogen (secondary N) is 1. The fourth-order valence-electron chi connectivity index (χ4n) is 2.79. The monoisotopic (exact) mass is 259 g/mol. The van der Waals surface area contributed by atoms with Gasteiger partial charge in [0.1, 0.15) is 5.82 Å². The minimum absolute atomic E-state index is 0.378. The Hall–Kier alpha value is -1.39. The standard InChI is InChI=1S/C15H21N3O/c1-11(2)18-14-6-4-3-5-13(14)17-15(18)9-12-10-19-8-7-16-12/h3-6,11-12,16H,7-10H2,1-2H3. The molecule has 2 aromatic rings. The van der Waals surface area contributed by atoms with E-state index in [4.69, 9.17) is 9.72 Å². The van der Waals surface area contributed by atoms with Crippen LogP contribution in [0.1, 0.15) is 25.7 Å². The Bertz CT molecular complexity index is 556. The Kier molecular flexibility index (Phi) is 3.53. The second-order valence-electron chi connectivity index (χ2n) is 5.41. The number of para-hydroxylation sites is 2. The molecule has 1 aromatic heterocycles. The second kappa shape index (κ2) is 5.31. The zero-order valence-electron chi connectivity index (χ0n) is 11.6. The van der Waals surface area contributed by atoms with Gasteiger partial charge in [0.2, 0.25) is 0 Å². The van der Waals surface area contributed by atoms with Crippen LogP contribution >= 0.6 is 0 Å². The summed E-state index contributed by atoms with van der Waals surface area (Å²) in [5.41, 5.74) is 2.31. The molecule has 102 valence electrons. The third-order valence-electron chi connectivity index (χ3n) is 3.61. The molecule has 2 heterocycles. The third-order valence-corrected chi connectivity index (χ3v) is 3.61. The summed E-state index contributed by atoms with van der Waals surface area (Å²) in [4.78, 5) is 4.80. The number of aromatic nitrogens is 2. The van der Waals surface area contributed by atoms with Gasteiger partial charge in [-0.05, 0) is 26.0 Å². The van der Waals surface area contributed by atoms with Crippen molar-refractivity contribution in [2.75, 3.05) is 19.8 Å². The molecule has 19 heavy (non-hydrogen) atoms. The lowest BCUT2D eigenvalue weighted by molar-refractivity contribution is 0.0761. The van der Waals surface area contributed by atoms with Crippen LogP contribution in [-0.2, 0) is 11.2 Å². The smallest absolute Gasteiger partial charge is 0.111 e. The number of nitrogens with zero attached hydrogens (tertiary/aromatic N) is 2. The lowest BCUT2D eigenvalue weighted by Gasteiger charge is -2.24. The summed E-state index contributed by atoms with van der Waals surface area (Å²) in [6.45, 7) is 6.95. The van der Waals surface area contributed by atoms with E-state index in [1.54, 1.807) is 0 Å². The molecule has 0 aliphatic carbocycles. The van der Waals surface area contributed by atoms with Crippen molar-refractivity contribution >= 4 is 11.0 Å². The number of hydrogen-bond donors (Lipinski definition) is 1. The largest absolute Gasteiger partial charge is 0.379 e. The first kappa shape index (κ1) is 12.6. The molecule has 1 saturated heterocycles. The molecule has 1 aliphatic heterocycles. The Morgan fingerprint density at radius 3 is 3.00 bits per heavy atom. The van der Waals surface area contributed by atoms with Crippen molar-refractivity contribution in [3.63, 3.8) is 0 Å². The molecule has 4 heteroatoms. The van der Waals surface area contributed by atoms with E-state index in [2.05, 4.69) is 41.9 Å². The number of benzene rings is 1. The minimum Gasteiger partial charge on any atom is -0.379 e. The van der Waals surface area contributed by atoms with Gasteiger partial charge >= 0.3 is 0 Å². The minimum atomic E-state index is 0.378. The van der Waals surface area contributed by atoms with Crippen molar-refractivity contribution in [1.29, 1.82) is 0 Å². The molecule has 0 spiro atoms. The molecule has 0 radical (unpaired) electrons. The summed E-state index contributed by atoms with van der Waals surface area (Å²) in [5.74, 6) is 1.15. The highest BCUT2D eigenvalue weighted by atomic mass is 16.5. The first-order valence-electron chi connectivity index (χ1n) is 7.02. The number of fused-ring (bicyclic) bond motifs is 1. The SMILES string of the molecule is CC(C)n1c(CC2COCCN2)nc2ccccc21. The van der Waals surface area contributed by atoms with E-state index in [0.717, 1.165) is 37.5 Å². The van der Waals surface area contributed by atoms with Crippen LogP contribution in [-0.4, -0.2) is 35.4 Å². The predicted molar refractivity (Wildman–Crippen MR) is 76.4 cm³/mol. The highest BCUT2D eigenvalue weighted by Gasteiger charge is 2.19. The van der Waals surface area contributed by atoms with Gasteiger partial charge in [-0.2, -0.15) is 0 Å². The normalized spacial score (nSPS) is 20.3. The molecule has 4 nitrogen and oxygen atoms in total.